The highest BCUT2D eigenvalue weighted by Gasteiger charge is 2.19. The molecule has 0 radical (unpaired) electrons. The minimum Gasteiger partial charge on any atom is -0.0748 e. The Bertz CT molecular complexity index is 349. The smallest absolute Gasteiger partial charge is 0.0748 e. The van der Waals surface area contributed by atoms with Gasteiger partial charge in [-0.25, -0.2) is 0 Å². The molecule has 0 nitrogen and oxygen atoms in total. The van der Waals surface area contributed by atoms with E-state index in [1.54, 1.807) is 0 Å². The molecule has 2 heteroatoms. The monoisotopic (exact) mass is 360 g/mol. The molecule has 1 aliphatic rings. The molecular weight excluding hydrogens is 351 g/mol. The standard InChI is InChI=1S/C12H10BrI/c13-12(14)8-6-11(7-9-12)10-4-2-1-3-5-10/h1-9,11H. The Morgan fingerprint density at radius 2 is 1.64 bits per heavy atom. The predicted octanol–water partition coefficient (Wildman–Crippen LogP) is 4.42. The second kappa shape index (κ2) is 4.19. The van der Waals surface area contributed by atoms with E-state index in [4.69, 9.17) is 0 Å². The van der Waals surface area contributed by atoms with E-state index in [1.165, 1.54) is 5.56 Å². The van der Waals surface area contributed by atoms with Crippen LogP contribution in [-0.2, 0) is 0 Å². The largest absolute Gasteiger partial charge is 0.113 e. The summed E-state index contributed by atoms with van der Waals surface area (Å²) in [5.41, 5.74) is 1.35. The lowest BCUT2D eigenvalue weighted by atomic mass is 9.95. The van der Waals surface area contributed by atoms with Gasteiger partial charge in [0.15, 0.2) is 0 Å². The number of alkyl halides is 2. The number of hydrogen-bond donors (Lipinski definition) is 0. The fraction of sp³-hybridized carbons (Fsp3) is 0.167. The van der Waals surface area contributed by atoms with E-state index in [0.29, 0.717) is 5.92 Å². The number of rotatable bonds is 1. The highest BCUT2D eigenvalue weighted by atomic mass is 127. The maximum Gasteiger partial charge on any atom is 0.113 e. The zero-order valence-corrected chi connectivity index (χ0v) is 11.3. The molecule has 14 heavy (non-hydrogen) atoms. The molecule has 0 N–H and O–H groups in total. The SMILES string of the molecule is BrC1(I)C=CC(c2ccccc2)C=C1. The third kappa shape index (κ3) is 2.48. The summed E-state index contributed by atoms with van der Waals surface area (Å²) < 4.78 is 0.00996. The Morgan fingerprint density at radius 3 is 2.21 bits per heavy atom. The first-order chi connectivity index (χ1) is 6.67. The summed E-state index contributed by atoms with van der Waals surface area (Å²) in [5.74, 6) is 0.427. The fourth-order valence-electron chi connectivity index (χ4n) is 1.48. The van der Waals surface area contributed by atoms with Gasteiger partial charge in [0.2, 0.25) is 0 Å². The van der Waals surface area contributed by atoms with Gasteiger partial charge in [-0.15, -0.1) is 0 Å². The lowest BCUT2D eigenvalue weighted by Crippen LogP contribution is -2.07. The number of halogens is 2. The van der Waals surface area contributed by atoms with E-state index in [2.05, 4.69) is 87.1 Å². The molecule has 72 valence electrons. The van der Waals surface area contributed by atoms with Crippen LogP contribution in [0.5, 0.6) is 0 Å². The molecular formula is C12H10BrI. The maximum atomic E-state index is 3.61. The van der Waals surface area contributed by atoms with Crippen LogP contribution in [0.4, 0.5) is 0 Å². The molecule has 0 aromatic heterocycles. The third-order valence-electron chi connectivity index (χ3n) is 2.24. The topological polar surface area (TPSA) is 0 Å². The molecule has 1 aromatic rings. The zero-order chi connectivity index (χ0) is 10.0. The van der Waals surface area contributed by atoms with Crippen LogP contribution in [0.15, 0.2) is 54.6 Å². The van der Waals surface area contributed by atoms with Crippen molar-refractivity contribution in [2.45, 2.75) is 8.25 Å². The normalized spacial score (nSPS) is 30.6. The Labute approximate surface area is 106 Å². The summed E-state index contributed by atoms with van der Waals surface area (Å²) in [5, 5.41) is 0. The van der Waals surface area contributed by atoms with Crippen molar-refractivity contribution in [3.63, 3.8) is 0 Å². The molecule has 0 spiro atoms. The van der Waals surface area contributed by atoms with Crippen molar-refractivity contribution in [3.05, 3.63) is 60.2 Å². The summed E-state index contributed by atoms with van der Waals surface area (Å²) in [7, 11) is 0. The van der Waals surface area contributed by atoms with Gasteiger partial charge < -0.3 is 0 Å². The lowest BCUT2D eigenvalue weighted by Gasteiger charge is -2.19. The van der Waals surface area contributed by atoms with Crippen molar-refractivity contribution < 1.29 is 0 Å². The van der Waals surface area contributed by atoms with Crippen LogP contribution < -0.4 is 0 Å². The summed E-state index contributed by atoms with van der Waals surface area (Å²) in [6.45, 7) is 0. The molecule has 0 unspecified atom stereocenters. The zero-order valence-electron chi connectivity index (χ0n) is 7.53. The predicted molar refractivity (Wildman–Crippen MR) is 73.1 cm³/mol. The molecule has 0 bridgehead atoms. The Hall–Kier alpha value is -0.0900. The van der Waals surface area contributed by atoms with E-state index in [9.17, 15) is 0 Å². The van der Waals surface area contributed by atoms with E-state index < -0.39 is 0 Å². The van der Waals surface area contributed by atoms with Gasteiger partial charge in [0.25, 0.3) is 0 Å². The van der Waals surface area contributed by atoms with E-state index in [1.807, 2.05) is 6.07 Å². The van der Waals surface area contributed by atoms with Crippen molar-refractivity contribution >= 4 is 38.5 Å². The van der Waals surface area contributed by atoms with Crippen LogP contribution in [-0.4, -0.2) is 2.33 Å². The second-order valence-electron chi connectivity index (χ2n) is 3.33. The Morgan fingerprint density at radius 1 is 1.07 bits per heavy atom. The molecule has 1 aromatic carbocycles. The lowest BCUT2D eigenvalue weighted by molar-refractivity contribution is 1.04. The van der Waals surface area contributed by atoms with Crippen molar-refractivity contribution in [1.82, 2.24) is 0 Å². The van der Waals surface area contributed by atoms with E-state index in [-0.39, 0.29) is 2.33 Å². The molecule has 0 fully saturated rings. The molecule has 0 atom stereocenters. The second-order valence-corrected chi connectivity index (χ2v) is 7.91. The first kappa shape index (κ1) is 10.4. The van der Waals surface area contributed by atoms with Gasteiger partial charge in [-0.05, 0) is 5.56 Å². The van der Waals surface area contributed by atoms with Crippen LogP contribution in [0.1, 0.15) is 11.5 Å². The minimum atomic E-state index is 0.00996. The third-order valence-corrected chi connectivity index (χ3v) is 3.48. The van der Waals surface area contributed by atoms with E-state index >= 15 is 0 Å². The Balaban J connectivity index is 2.22. The summed E-state index contributed by atoms with van der Waals surface area (Å²) in [4.78, 5) is 0. The van der Waals surface area contributed by atoms with Crippen LogP contribution in [0, 0.1) is 0 Å². The van der Waals surface area contributed by atoms with Crippen LogP contribution >= 0.6 is 38.5 Å². The summed E-state index contributed by atoms with van der Waals surface area (Å²) in [6.07, 6.45) is 8.84. The van der Waals surface area contributed by atoms with Gasteiger partial charge in [-0.2, -0.15) is 0 Å². The maximum absolute atomic E-state index is 3.61. The van der Waals surface area contributed by atoms with Crippen molar-refractivity contribution in [1.29, 1.82) is 0 Å². The number of benzene rings is 1. The highest BCUT2D eigenvalue weighted by Crippen LogP contribution is 2.36. The average Bonchev–Trinajstić information content (AvgIpc) is 2.19. The van der Waals surface area contributed by atoms with Gasteiger partial charge in [-0.3, -0.25) is 0 Å². The number of allylic oxidation sites excluding steroid dienone is 4. The number of hydrogen-bond acceptors (Lipinski definition) is 0. The van der Waals surface area contributed by atoms with Crippen LogP contribution in [0.2, 0.25) is 0 Å². The summed E-state index contributed by atoms with van der Waals surface area (Å²) in [6, 6.07) is 10.5. The van der Waals surface area contributed by atoms with Gasteiger partial charge in [0.1, 0.15) is 2.33 Å². The minimum absolute atomic E-state index is 0.00996. The van der Waals surface area contributed by atoms with Gasteiger partial charge in [-0.1, -0.05) is 93.2 Å². The molecule has 0 saturated carbocycles. The Kier molecular flexibility index (Phi) is 3.12. The summed E-state index contributed by atoms with van der Waals surface area (Å²) >= 11 is 5.97. The van der Waals surface area contributed by atoms with Crippen LogP contribution in [0.3, 0.4) is 0 Å². The molecule has 0 heterocycles. The van der Waals surface area contributed by atoms with Gasteiger partial charge >= 0.3 is 0 Å². The van der Waals surface area contributed by atoms with Gasteiger partial charge in [0.05, 0.1) is 0 Å². The van der Waals surface area contributed by atoms with Gasteiger partial charge in [0, 0.05) is 5.92 Å². The van der Waals surface area contributed by atoms with Crippen molar-refractivity contribution in [3.8, 4) is 0 Å². The average molecular weight is 361 g/mol. The van der Waals surface area contributed by atoms with E-state index in [0.717, 1.165) is 0 Å². The quantitative estimate of drug-likeness (QED) is 0.395. The van der Waals surface area contributed by atoms with Crippen molar-refractivity contribution in [2.24, 2.45) is 0 Å². The molecule has 0 amide bonds. The van der Waals surface area contributed by atoms with Crippen LogP contribution in [0.25, 0.3) is 0 Å². The first-order valence-electron chi connectivity index (χ1n) is 4.49. The van der Waals surface area contributed by atoms with Crippen molar-refractivity contribution in [2.75, 3.05) is 0 Å². The molecule has 0 saturated heterocycles. The molecule has 2 rings (SSSR count). The first-order valence-corrected chi connectivity index (χ1v) is 6.36. The molecule has 0 aliphatic heterocycles. The fourth-order valence-corrected chi connectivity index (χ4v) is 2.20. The highest BCUT2D eigenvalue weighted by molar-refractivity contribution is 14.1. The molecule has 1 aliphatic carbocycles.